The first-order chi connectivity index (χ1) is 14.2. The van der Waals surface area contributed by atoms with Crippen molar-refractivity contribution in [2.75, 3.05) is 5.32 Å². The van der Waals surface area contributed by atoms with Gasteiger partial charge < -0.3 is 0 Å². The second kappa shape index (κ2) is 9.22. The van der Waals surface area contributed by atoms with E-state index in [1.54, 1.807) is 23.9 Å². The zero-order valence-electron chi connectivity index (χ0n) is 15.2. The molecule has 0 unspecified atom stereocenters. The first kappa shape index (κ1) is 19.6. The van der Waals surface area contributed by atoms with E-state index in [9.17, 15) is 4.79 Å². The maximum absolute atomic E-state index is 12.1. The lowest BCUT2D eigenvalue weighted by Gasteiger charge is -2.04. The lowest BCUT2D eigenvalue weighted by molar-refractivity contribution is -0.111. The summed E-state index contributed by atoms with van der Waals surface area (Å²) >= 11 is 9.05. The minimum atomic E-state index is -0.272. The van der Waals surface area contributed by atoms with Gasteiger partial charge in [0, 0.05) is 16.9 Å². The van der Waals surface area contributed by atoms with Gasteiger partial charge >= 0.3 is 0 Å². The van der Waals surface area contributed by atoms with Gasteiger partial charge in [0.25, 0.3) is 0 Å². The number of nitrogens with one attached hydrogen (secondary N) is 1. The van der Waals surface area contributed by atoms with Gasteiger partial charge in [0.15, 0.2) is 4.34 Å². The summed E-state index contributed by atoms with van der Waals surface area (Å²) in [4.78, 5) is 12.1. The Morgan fingerprint density at radius 3 is 2.72 bits per heavy atom. The molecule has 1 heterocycles. The maximum atomic E-state index is 12.1. The van der Waals surface area contributed by atoms with Gasteiger partial charge in [-0.15, -0.1) is 10.2 Å². The summed E-state index contributed by atoms with van der Waals surface area (Å²) in [6, 6.07) is 22.0. The van der Waals surface area contributed by atoms with Crippen LogP contribution in [-0.2, 0) is 10.5 Å². The third-order valence-corrected chi connectivity index (χ3v) is 6.55. The van der Waals surface area contributed by atoms with E-state index in [4.69, 9.17) is 11.6 Å². The van der Waals surface area contributed by atoms with E-state index in [-0.39, 0.29) is 5.91 Å². The molecule has 0 aliphatic heterocycles. The molecule has 0 aliphatic carbocycles. The molecule has 0 atom stereocenters. The fraction of sp³-hybridized carbons (Fsp3) is 0.0455. The Balaban J connectivity index is 1.37. The largest absolute Gasteiger partial charge is 0.297 e. The summed E-state index contributed by atoms with van der Waals surface area (Å²) in [6.45, 7) is 0. The number of aromatic nitrogens is 2. The van der Waals surface area contributed by atoms with Crippen molar-refractivity contribution < 1.29 is 4.79 Å². The number of halogens is 1. The van der Waals surface area contributed by atoms with Gasteiger partial charge in [0.05, 0.1) is 0 Å². The van der Waals surface area contributed by atoms with Crippen molar-refractivity contribution in [3.63, 3.8) is 0 Å². The van der Waals surface area contributed by atoms with Crippen LogP contribution in [0.5, 0.6) is 0 Å². The third kappa shape index (κ3) is 5.03. The smallest absolute Gasteiger partial charge is 0.250 e. The number of benzene rings is 3. The average Bonchev–Trinajstić information content (AvgIpc) is 3.19. The SMILES string of the molecule is O=C(/C=C/c1ccccc1Cl)Nc1nnc(SCc2cccc3ccccc23)s1. The molecule has 1 N–H and O–H groups in total. The van der Waals surface area contributed by atoms with E-state index >= 15 is 0 Å². The molecule has 3 aromatic carbocycles. The molecule has 4 nitrogen and oxygen atoms in total. The molecular formula is C22H16ClN3OS2. The van der Waals surface area contributed by atoms with Crippen molar-refractivity contribution in [2.24, 2.45) is 0 Å². The number of carbonyl (C=O) groups is 1. The molecule has 0 bridgehead atoms. The molecule has 0 spiro atoms. The van der Waals surface area contributed by atoms with Crippen LogP contribution in [0.4, 0.5) is 5.13 Å². The summed E-state index contributed by atoms with van der Waals surface area (Å²) in [6.07, 6.45) is 3.11. The lowest BCUT2D eigenvalue weighted by atomic mass is 10.1. The highest BCUT2D eigenvalue weighted by molar-refractivity contribution is 8.00. The van der Waals surface area contributed by atoms with Crippen molar-refractivity contribution in [1.82, 2.24) is 10.2 Å². The van der Waals surface area contributed by atoms with Crippen LogP contribution in [0.25, 0.3) is 16.8 Å². The molecule has 4 rings (SSSR count). The highest BCUT2D eigenvalue weighted by atomic mass is 35.5. The Hall–Kier alpha value is -2.67. The molecule has 0 aliphatic rings. The zero-order valence-corrected chi connectivity index (χ0v) is 17.6. The normalized spacial score (nSPS) is 11.2. The van der Waals surface area contributed by atoms with Crippen molar-refractivity contribution in [1.29, 1.82) is 0 Å². The van der Waals surface area contributed by atoms with Crippen molar-refractivity contribution in [3.8, 4) is 0 Å². The lowest BCUT2D eigenvalue weighted by Crippen LogP contribution is -2.07. The Labute approximate surface area is 181 Å². The molecular weight excluding hydrogens is 422 g/mol. The minimum absolute atomic E-state index is 0.272. The first-order valence-electron chi connectivity index (χ1n) is 8.85. The quantitative estimate of drug-likeness (QED) is 0.219. The van der Waals surface area contributed by atoms with Gasteiger partial charge in [-0.25, -0.2) is 0 Å². The Bertz CT molecular complexity index is 1180. The second-order valence-corrected chi connectivity index (χ2v) is 8.75. The molecule has 0 saturated heterocycles. The van der Waals surface area contributed by atoms with Crippen LogP contribution in [-0.4, -0.2) is 16.1 Å². The van der Waals surface area contributed by atoms with Crippen LogP contribution in [0, 0.1) is 0 Å². The van der Waals surface area contributed by atoms with E-state index in [1.807, 2.05) is 30.3 Å². The maximum Gasteiger partial charge on any atom is 0.250 e. The number of carbonyl (C=O) groups excluding carboxylic acids is 1. The Morgan fingerprint density at radius 2 is 1.83 bits per heavy atom. The topological polar surface area (TPSA) is 54.9 Å². The molecule has 144 valence electrons. The summed E-state index contributed by atoms with van der Waals surface area (Å²) in [5, 5.41) is 14.5. The predicted octanol–water partition coefficient (Wildman–Crippen LogP) is 6.29. The second-order valence-electron chi connectivity index (χ2n) is 6.14. The summed E-state index contributed by atoms with van der Waals surface area (Å²) in [7, 11) is 0. The molecule has 4 aromatic rings. The van der Waals surface area contributed by atoms with Gasteiger partial charge in [0.2, 0.25) is 11.0 Å². The average molecular weight is 438 g/mol. The molecule has 1 amide bonds. The van der Waals surface area contributed by atoms with E-state index in [0.717, 1.165) is 15.7 Å². The number of nitrogens with zero attached hydrogens (tertiary/aromatic N) is 2. The number of fused-ring (bicyclic) bond motifs is 1. The van der Waals surface area contributed by atoms with Crippen LogP contribution < -0.4 is 5.32 Å². The van der Waals surface area contributed by atoms with Crippen LogP contribution in [0.1, 0.15) is 11.1 Å². The number of amides is 1. The van der Waals surface area contributed by atoms with Crippen molar-refractivity contribution in [3.05, 3.63) is 89.0 Å². The predicted molar refractivity (Wildman–Crippen MR) is 123 cm³/mol. The van der Waals surface area contributed by atoms with E-state index in [1.165, 1.54) is 33.7 Å². The standard InChI is InChI=1S/C22H16ClN3OS2/c23-19-11-4-2-7-16(19)12-13-20(27)24-21-25-26-22(29-21)28-14-17-9-5-8-15-6-1-3-10-18(15)17/h1-13H,14H2,(H,24,25,27)/b13-12+. The van der Waals surface area contributed by atoms with Gasteiger partial charge in [-0.3, -0.25) is 10.1 Å². The third-order valence-electron chi connectivity index (χ3n) is 4.19. The number of anilines is 1. The number of rotatable bonds is 6. The first-order valence-corrected chi connectivity index (χ1v) is 11.0. The van der Waals surface area contributed by atoms with Gasteiger partial charge in [-0.05, 0) is 34.0 Å². The zero-order chi connectivity index (χ0) is 20.1. The van der Waals surface area contributed by atoms with Crippen molar-refractivity contribution >= 4 is 62.6 Å². The molecule has 7 heteroatoms. The van der Waals surface area contributed by atoms with Gasteiger partial charge in [0.1, 0.15) is 0 Å². The summed E-state index contributed by atoms with van der Waals surface area (Å²) in [5.74, 6) is 0.516. The van der Waals surface area contributed by atoms with Crippen LogP contribution in [0.2, 0.25) is 5.02 Å². The molecule has 1 aromatic heterocycles. The highest BCUT2D eigenvalue weighted by Gasteiger charge is 2.08. The van der Waals surface area contributed by atoms with Gasteiger partial charge in [-0.2, -0.15) is 0 Å². The molecule has 0 radical (unpaired) electrons. The fourth-order valence-corrected chi connectivity index (χ4v) is 4.76. The Kier molecular flexibility index (Phi) is 6.24. The molecule has 0 saturated carbocycles. The fourth-order valence-electron chi connectivity index (χ4n) is 2.80. The van der Waals surface area contributed by atoms with E-state index < -0.39 is 0 Å². The Morgan fingerprint density at radius 1 is 1.03 bits per heavy atom. The number of hydrogen-bond acceptors (Lipinski definition) is 5. The minimum Gasteiger partial charge on any atom is -0.297 e. The molecule has 0 fully saturated rings. The monoisotopic (exact) mass is 437 g/mol. The number of hydrogen-bond donors (Lipinski definition) is 1. The summed E-state index contributed by atoms with van der Waals surface area (Å²) in [5.41, 5.74) is 2.03. The summed E-state index contributed by atoms with van der Waals surface area (Å²) < 4.78 is 0.809. The van der Waals surface area contributed by atoms with E-state index in [2.05, 4.69) is 45.8 Å². The highest BCUT2D eigenvalue weighted by Crippen LogP contribution is 2.30. The van der Waals surface area contributed by atoms with Gasteiger partial charge in [-0.1, -0.05) is 95.4 Å². The van der Waals surface area contributed by atoms with Crippen LogP contribution >= 0.6 is 34.7 Å². The van der Waals surface area contributed by atoms with Crippen molar-refractivity contribution in [2.45, 2.75) is 10.1 Å². The van der Waals surface area contributed by atoms with E-state index in [0.29, 0.717) is 10.2 Å². The molecule has 29 heavy (non-hydrogen) atoms. The van der Waals surface area contributed by atoms with Crippen LogP contribution in [0.15, 0.2) is 77.1 Å². The van der Waals surface area contributed by atoms with Crippen LogP contribution in [0.3, 0.4) is 0 Å². The number of thioether (sulfide) groups is 1.